The minimum atomic E-state index is -3.36. The zero-order valence-electron chi connectivity index (χ0n) is 10.1. The van der Waals surface area contributed by atoms with E-state index in [1.54, 1.807) is 14.0 Å². The topological polar surface area (TPSA) is 75.4 Å². The Kier molecular flexibility index (Phi) is 5.72. The summed E-state index contributed by atoms with van der Waals surface area (Å²) in [6.45, 7) is 6.44. The molecular formula is C9H23N3O2S. The monoisotopic (exact) mass is 237 g/mol. The first-order valence-electron chi connectivity index (χ1n) is 5.31. The van der Waals surface area contributed by atoms with E-state index in [4.69, 9.17) is 5.73 Å². The Hall–Kier alpha value is -0.170. The first-order valence-corrected chi connectivity index (χ1v) is 6.75. The van der Waals surface area contributed by atoms with Crippen LogP contribution in [0.5, 0.6) is 0 Å². The quantitative estimate of drug-likeness (QED) is 0.668. The molecule has 0 aliphatic carbocycles. The molecule has 0 saturated carbocycles. The van der Waals surface area contributed by atoms with E-state index in [1.165, 1.54) is 4.31 Å². The second kappa shape index (κ2) is 5.79. The second-order valence-electron chi connectivity index (χ2n) is 3.81. The smallest absolute Gasteiger partial charge is 0.279 e. The molecule has 0 atom stereocenters. The summed E-state index contributed by atoms with van der Waals surface area (Å²) < 4.78 is 27.0. The zero-order chi connectivity index (χ0) is 12.1. The van der Waals surface area contributed by atoms with E-state index < -0.39 is 15.7 Å². The van der Waals surface area contributed by atoms with Crippen molar-refractivity contribution in [3.63, 3.8) is 0 Å². The Bertz CT molecular complexity index is 273. The SMILES string of the molecule is CCN(C)S(=O)(=O)NCC(N)(CC)CC. The minimum absolute atomic E-state index is 0.284. The standard InChI is InChI=1S/C9H23N3O2S/c1-5-9(10,6-2)8-11-15(13,14)12(4)7-3/h11H,5-8,10H2,1-4H3. The molecule has 0 fully saturated rings. The number of nitrogens with one attached hydrogen (secondary N) is 1. The molecule has 5 nitrogen and oxygen atoms in total. The lowest BCUT2D eigenvalue weighted by molar-refractivity contribution is 0.383. The van der Waals surface area contributed by atoms with Crippen molar-refractivity contribution in [3.05, 3.63) is 0 Å². The van der Waals surface area contributed by atoms with Gasteiger partial charge in [0.05, 0.1) is 0 Å². The molecule has 15 heavy (non-hydrogen) atoms. The number of hydrogen-bond donors (Lipinski definition) is 2. The van der Waals surface area contributed by atoms with Crippen LogP contribution in [0.2, 0.25) is 0 Å². The maximum absolute atomic E-state index is 11.6. The summed E-state index contributed by atoms with van der Waals surface area (Å²) in [5.74, 6) is 0. The van der Waals surface area contributed by atoms with Gasteiger partial charge in [0.2, 0.25) is 0 Å². The summed E-state index contributed by atoms with van der Waals surface area (Å²) in [7, 11) is -1.82. The summed E-state index contributed by atoms with van der Waals surface area (Å²) >= 11 is 0. The van der Waals surface area contributed by atoms with E-state index in [2.05, 4.69) is 4.72 Å². The third-order valence-corrected chi connectivity index (χ3v) is 4.46. The molecule has 0 heterocycles. The van der Waals surface area contributed by atoms with Crippen molar-refractivity contribution < 1.29 is 8.42 Å². The van der Waals surface area contributed by atoms with E-state index in [1.807, 2.05) is 13.8 Å². The highest BCUT2D eigenvalue weighted by Gasteiger charge is 2.24. The molecule has 0 aromatic heterocycles. The van der Waals surface area contributed by atoms with Gasteiger partial charge in [0.1, 0.15) is 0 Å². The maximum atomic E-state index is 11.6. The van der Waals surface area contributed by atoms with Crippen molar-refractivity contribution in [1.29, 1.82) is 0 Å². The summed E-state index contributed by atoms with van der Waals surface area (Å²) in [6.07, 6.45) is 1.50. The van der Waals surface area contributed by atoms with E-state index >= 15 is 0 Å². The Morgan fingerprint density at radius 1 is 1.27 bits per heavy atom. The van der Waals surface area contributed by atoms with Crippen molar-refractivity contribution in [1.82, 2.24) is 9.03 Å². The van der Waals surface area contributed by atoms with E-state index in [0.29, 0.717) is 6.54 Å². The van der Waals surface area contributed by atoms with E-state index in [9.17, 15) is 8.42 Å². The zero-order valence-corrected chi connectivity index (χ0v) is 10.9. The van der Waals surface area contributed by atoms with Crippen molar-refractivity contribution in [2.45, 2.75) is 39.2 Å². The van der Waals surface area contributed by atoms with Crippen molar-refractivity contribution in [2.75, 3.05) is 20.1 Å². The van der Waals surface area contributed by atoms with Gasteiger partial charge in [-0.25, -0.2) is 4.72 Å². The fourth-order valence-corrected chi connectivity index (χ4v) is 2.05. The molecule has 0 bridgehead atoms. The minimum Gasteiger partial charge on any atom is -0.324 e. The molecule has 0 amide bonds. The van der Waals surface area contributed by atoms with Gasteiger partial charge in [-0.3, -0.25) is 0 Å². The molecular weight excluding hydrogens is 214 g/mol. The van der Waals surface area contributed by atoms with Gasteiger partial charge in [0.25, 0.3) is 10.2 Å². The molecule has 0 rings (SSSR count). The molecule has 0 unspecified atom stereocenters. The largest absolute Gasteiger partial charge is 0.324 e. The lowest BCUT2D eigenvalue weighted by Gasteiger charge is -2.27. The Morgan fingerprint density at radius 2 is 1.73 bits per heavy atom. The average molecular weight is 237 g/mol. The fraction of sp³-hybridized carbons (Fsp3) is 1.00. The van der Waals surface area contributed by atoms with Crippen LogP contribution in [0.25, 0.3) is 0 Å². The molecule has 0 aliphatic heterocycles. The maximum Gasteiger partial charge on any atom is 0.279 e. The van der Waals surface area contributed by atoms with Crippen LogP contribution < -0.4 is 10.5 Å². The van der Waals surface area contributed by atoms with E-state index in [-0.39, 0.29) is 6.54 Å². The third-order valence-electron chi connectivity index (χ3n) is 2.87. The van der Waals surface area contributed by atoms with Gasteiger partial charge in [-0.05, 0) is 12.8 Å². The van der Waals surface area contributed by atoms with Crippen LogP contribution in [0.4, 0.5) is 0 Å². The van der Waals surface area contributed by atoms with Crippen molar-refractivity contribution in [2.24, 2.45) is 5.73 Å². The van der Waals surface area contributed by atoms with Crippen LogP contribution in [0.15, 0.2) is 0 Å². The second-order valence-corrected chi connectivity index (χ2v) is 5.67. The third kappa shape index (κ3) is 4.46. The van der Waals surface area contributed by atoms with Gasteiger partial charge in [0.15, 0.2) is 0 Å². The molecule has 92 valence electrons. The van der Waals surface area contributed by atoms with Gasteiger partial charge in [-0.2, -0.15) is 12.7 Å². The number of nitrogens with zero attached hydrogens (tertiary/aromatic N) is 1. The van der Waals surface area contributed by atoms with Crippen LogP contribution in [0.3, 0.4) is 0 Å². The van der Waals surface area contributed by atoms with Crippen LogP contribution in [0.1, 0.15) is 33.6 Å². The fourth-order valence-electron chi connectivity index (χ4n) is 1.02. The Balaban J connectivity index is 4.38. The van der Waals surface area contributed by atoms with Crippen LogP contribution >= 0.6 is 0 Å². The van der Waals surface area contributed by atoms with E-state index in [0.717, 1.165) is 12.8 Å². The number of nitrogens with two attached hydrogens (primary N) is 1. The lowest BCUT2D eigenvalue weighted by Crippen LogP contribution is -2.51. The van der Waals surface area contributed by atoms with Gasteiger partial charge in [0, 0.05) is 25.7 Å². The molecule has 3 N–H and O–H groups in total. The van der Waals surface area contributed by atoms with Gasteiger partial charge < -0.3 is 5.73 Å². The highest BCUT2D eigenvalue weighted by Crippen LogP contribution is 2.10. The first-order chi connectivity index (χ1) is 6.81. The summed E-state index contributed by atoms with van der Waals surface area (Å²) in [4.78, 5) is 0. The molecule has 6 heteroatoms. The molecule has 0 spiro atoms. The van der Waals surface area contributed by atoms with Crippen LogP contribution in [-0.2, 0) is 10.2 Å². The molecule has 0 aromatic rings. The molecule has 0 saturated heterocycles. The lowest BCUT2D eigenvalue weighted by atomic mass is 9.95. The molecule has 0 radical (unpaired) electrons. The molecule has 0 aromatic carbocycles. The first kappa shape index (κ1) is 14.8. The summed E-state index contributed by atoms with van der Waals surface area (Å²) in [5, 5.41) is 0. The van der Waals surface area contributed by atoms with Crippen LogP contribution in [-0.4, -0.2) is 38.4 Å². The number of hydrogen-bond acceptors (Lipinski definition) is 3. The summed E-state index contributed by atoms with van der Waals surface area (Å²) in [5.41, 5.74) is 5.56. The predicted octanol–water partition coefficient (Wildman–Crippen LogP) is 0.290. The van der Waals surface area contributed by atoms with Crippen molar-refractivity contribution in [3.8, 4) is 0 Å². The Morgan fingerprint density at radius 3 is 2.07 bits per heavy atom. The normalized spacial score (nSPS) is 13.5. The molecule has 0 aliphatic rings. The highest BCUT2D eigenvalue weighted by molar-refractivity contribution is 7.87. The van der Waals surface area contributed by atoms with Gasteiger partial charge in [-0.15, -0.1) is 0 Å². The highest BCUT2D eigenvalue weighted by atomic mass is 32.2. The van der Waals surface area contributed by atoms with Gasteiger partial charge in [-0.1, -0.05) is 20.8 Å². The van der Waals surface area contributed by atoms with Crippen LogP contribution in [0, 0.1) is 0 Å². The predicted molar refractivity (Wildman–Crippen MR) is 62.7 cm³/mol. The van der Waals surface area contributed by atoms with Gasteiger partial charge >= 0.3 is 0 Å². The number of rotatable bonds is 7. The Labute approximate surface area is 93.2 Å². The summed E-state index contributed by atoms with van der Waals surface area (Å²) in [6, 6.07) is 0. The average Bonchev–Trinajstić information content (AvgIpc) is 2.24. The van der Waals surface area contributed by atoms with Crippen molar-refractivity contribution >= 4 is 10.2 Å².